The van der Waals surface area contributed by atoms with Crippen LogP contribution in [0.3, 0.4) is 0 Å². The molecule has 6 rings (SSSR count). The largest absolute Gasteiger partial charge is 0.432 e. The van der Waals surface area contributed by atoms with E-state index in [1.165, 1.54) is 12.4 Å². The lowest BCUT2D eigenvalue weighted by Gasteiger charge is -2.37. The zero-order valence-corrected chi connectivity index (χ0v) is 27.0. The van der Waals surface area contributed by atoms with E-state index >= 15 is 0 Å². The van der Waals surface area contributed by atoms with Gasteiger partial charge in [-0.25, -0.2) is 22.7 Å². The van der Waals surface area contributed by atoms with Crippen molar-refractivity contribution in [3.05, 3.63) is 36.3 Å². The van der Waals surface area contributed by atoms with Crippen LogP contribution in [-0.2, 0) is 19.6 Å². The quantitative estimate of drug-likeness (QED) is 0.287. The molecule has 3 aliphatic heterocycles. The Kier molecular flexibility index (Phi) is 9.84. The van der Waals surface area contributed by atoms with Crippen molar-refractivity contribution < 1.29 is 31.5 Å². The summed E-state index contributed by atoms with van der Waals surface area (Å²) in [6.45, 7) is 3.85. The number of nitrogens with zero attached hydrogens (tertiary/aromatic N) is 7. The first kappa shape index (κ1) is 33.0. The third-order valence-corrected chi connectivity index (χ3v) is 11.0. The molecule has 0 aliphatic carbocycles. The van der Waals surface area contributed by atoms with Gasteiger partial charge in [0.25, 0.3) is 5.91 Å². The molecule has 0 saturated carbocycles. The highest BCUT2D eigenvalue weighted by Crippen LogP contribution is 2.30. The van der Waals surface area contributed by atoms with Crippen LogP contribution in [0.15, 0.2) is 30.7 Å². The number of anilines is 2. The molecule has 17 heteroatoms. The average molecular weight is 676 g/mol. The van der Waals surface area contributed by atoms with Gasteiger partial charge in [0.2, 0.25) is 21.9 Å². The first-order chi connectivity index (χ1) is 22.6. The minimum Gasteiger partial charge on any atom is -0.432 e. The Hall–Kier alpha value is -3.96. The number of piperidine rings is 2. The Labute approximate surface area is 271 Å². The van der Waals surface area contributed by atoms with E-state index in [0.29, 0.717) is 51.7 Å². The summed E-state index contributed by atoms with van der Waals surface area (Å²) in [4.78, 5) is 36.6. The Morgan fingerprint density at radius 1 is 1.02 bits per heavy atom. The Morgan fingerprint density at radius 3 is 2.43 bits per heavy atom. The number of piperazine rings is 1. The standard InChI is InChI=1S/C30H39F2N9O5S/c1-20-15-26-21(17-35-41(26)24-3-4-27(42)37-28(24)43)16-25(20)39-12-10-38(11-13-39)7-2-14-47(44,45)40-8-5-22(6-9-40)36-30-33-18-23(19-34-30)46-29(31)32/h15-19,22,24,29H,2-14H2,1H3,(H,33,34,36)(H,37,42,43). The van der Waals surface area contributed by atoms with E-state index in [2.05, 4.69) is 52.4 Å². The normalized spacial score (nSPS) is 20.6. The summed E-state index contributed by atoms with van der Waals surface area (Å²) in [5.41, 5.74) is 3.06. The molecular formula is C30H39F2N9O5S. The molecule has 0 radical (unpaired) electrons. The van der Waals surface area contributed by atoms with Gasteiger partial charge in [0, 0.05) is 62.8 Å². The maximum Gasteiger partial charge on any atom is 0.387 e. The van der Waals surface area contributed by atoms with E-state index in [9.17, 15) is 26.8 Å². The topological polar surface area (TPSA) is 155 Å². The smallest absolute Gasteiger partial charge is 0.387 e. The molecule has 3 aromatic rings. The van der Waals surface area contributed by atoms with Gasteiger partial charge in [0.15, 0.2) is 5.75 Å². The van der Waals surface area contributed by atoms with Gasteiger partial charge in [0.05, 0.1) is 29.9 Å². The summed E-state index contributed by atoms with van der Waals surface area (Å²) >= 11 is 0. The fourth-order valence-corrected chi connectivity index (χ4v) is 8.04. The molecule has 14 nitrogen and oxygen atoms in total. The number of amides is 2. The number of hydrogen-bond acceptors (Lipinski definition) is 11. The molecule has 1 unspecified atom stereocenters. The minimum atomic E-state index is -3.39. The van der Waals surface area contributed by atoms with E-state index in [1.807, 2.05) is 6.92 Å². The van der Waals surface area contributed by atoms with Gasteiger partial charge in [0.1, 0.15) is 6.04 Å². The van der Waals surface area contributed by atoms with Crippen LogP contribution < -0.4 is 20.3 Å². The van der Waals surface area contributed by atoms with E-state index in [0.717, 1.165) is 48.3 Å². The number of sulfonamides is 1. The maximum absolute atomic E-state index is 13.1. The van der Waals surface area contributed by atoms with Gasteiger partial charge in [-0.05, 0) is 56.8 Å². The Morgan fingerprint density at radius 2 is 1.74 bits per heavy atom. The lowest BCUT2D eigenvalue weighted by Crippen LogP contribution is -2.47. The molecule has 5 heterocycles. The van der Waals surface area contributed by atoms with Crippen LogP contribution >= 0.6 is 0 Å². The Bertz CT molecular complexity index is 1690. The third kappa shape index (κ3) is 7.79. The SMILES string of the molecule is Cc1cc2c(cnn2C2CCC(=O)NC2=O)cc1N1CCN(CCCS(=O)(=O)N2CCC(Nc3ncc(OC(F)F)cn3)CC2)CC1. The summed E-state index contributed by atoms with van der Waals surface area (Å²) in [5, 5.41) is 11.0. The number of carbonyl (C=O) groups excluding carboxylic acids is 2. The van der Waals surface area contributed by atoms with Crippen molar-refractivity contribution in [1.29, 1.82) is 0 Å². The molecule has 2 N–H and O–H groups in total. The van der Waals surface area contributed by atoms with Crippen molar-refractivity contribution in [2.75, 3.05) is 61.8 Å². The van der Waals surface area contributed by atoms with Crippen molar-refractivity contribution in [2.24, 2.45) is 0 Å². The van der Waals surface area contributed by atoms with Crippen LogP contribution in [-0.4, -0.2) is 113 Å². The molecule has 1 aromatic carbocycles. The number of hydrogen-bond donors (Lipinski definition) is 2. The predicted molar refractivity (Wildman–Crippen MR) is 170 cm³/mol. The van der Waals surface area contributed by atoms with Crippen LogP contribution in [0.4, 0.5) is 20.4 Å². The predicted octanol–water partition coefficient (Wildman–Crippen LogP) is 2.13. The van der Waals surface area contributed by atoms with Gasteiger partial charge < -0.3 is 15.0 Å². The number of benzene rings is 1. The number of aromatic nitrogens is 4. The number of alkyl halides is 2. The molecule has 0 spiro atoms. The van der Waals surface area contributed by atoms with Crippen LogP contribution in [0.2, 0.25) is 0 Å². The lowest BCUT2D eigenvalue weighted by atomic mass is 10.1. The van der Waals surface area contributed by atoms with Crippen molar-refractivity contribution in [1.82, 2.24) is 34.3 Å². The number of nitrogens with one attached hydrogen (secondary N) is 2. The molecule has 3 fully saturated rings. The second-order valence-corrected chi connectivity index (χ2v) is 14.3. The monoisotopic (exact) mass is 675 g/mol. The number of imide groups is 1. The zero-order chi connectivity index (χ0) is 33.1. The summed E-state index contributed by atoms with van der Waals surface area (Å²) in [7, 11) is -3.39. The van der Waals surface area contributed by atoms with Gasteiger partial charge in [-0.2, -0.15) is 13.9 Å². The summed E-state index contributed by atoms with van der Waals surface area (Å²) in [6, 6.07) is 3.63. The molecule has 47 heavy (non-hydrogen) atoms. The van der Waals surface area contributed by atoms with E-state index in [-0.39, 0.29) is 35.3 Å². The fourth-order valence-electron chi connectivity index (χ4n) is 6.52. The average Bonchev–Trinajstić information content (AvgIpc) is 3.44. The van der Waals surface area contributed by atoms with Crippen molar-refractivity contribution in [3.63, 3.8) is 0 Å². The summed E-state index contributed by atoms with van der Waals surface area (Å²) in [6.07, 6.45) is 6.55. The number of aryl methyl sites for hydroxylation is 1. The molecule has 3 aliphatic rings. The van der Waals surface area contributed by atoms with Gasteiger partial charge in [-0.15, -0.1) is 0 Å². The minimum absolute atomic E-state index is 0.0227. The molecule has 254 valence electrons. The zero-order valence-electron chi connectivity index (χ0n) is 26.1. The molecule has 1 atom stereocenters. The highest BCUT2D eigenvalue weighted by Gasteiger charge is 2.31. The number of halogens is 2. The van der Waals surface area contributed by atoms with E-state index in [1.54, 1.807) is 15.2 Å². The Balaban J connectivity index is 0.940. The summed E-state index contributed by atoms with van der Waals surface area (Å²) in [5.74, 6) is -0.327. The van der Waals surface area contributed by atoms with Gasteiger partial charge in [-0.3, -0.25) is 24.5 Å². The molecule has 2 amide bonds. The van der Waals surface area contributed by atoms with Gasteiger partial charge >= 0.3 is 6.61 Å². The highest BCUT2D eigenvalue weighted by atomic mass is 32.2. The second kappa shape index (κ2) is 14.0. The molecule has 0 bridgehead atoms. The lowest BCUT2D eigenvalue weighted by molar-refractivity contribution is -0.135. The van der Waals surface area contributed by atoms with Crippen LogP contribution in [0, 0.1) is 6.92 Å². The first-order valence-electron chi connectivity index (χ1n) is 15.9. The summed E-state index contributed by atoms with van der Waals surface area (Å²) < 4.78 is 58.3. The fraction of sp³-hybridized carbons (Fsp3) is 0.567. The molecular weight excluding hydrogens is 636 g/mol. The van der Waals surface area contributed by atoms with E-state index < -0.39 is 22.7 Å². The third-order valence-electron chi connectivity index (χ3n) is 9.04. The van der Waals surface area contributed by atoms with Crippen LogP contribution in [0.1, 0.15) is 43.7 Å². The van der Waals surface area contributed by atoms with Gasteiger partial charge in [-0.1, -0.05) is 0 Å². The van der Waals surface area contributed by atoms with Crippen molar-refractivity contribution in [2.45, 2.75) is 57.7 Å². The number of ether oxygens (including phenoxy) is 1. The molecule has 2 aromatic heterocycles. The number of carbonyl (C=O) groups is 2. The number of fused-ring (bicyclic) bond motifs is 1. The van der Waals surface area contributed by atoms with Crippen molar-refractivity contribution in [3.8, 4) is 5.75 Å². The molecule has 3 saturated heterocycles. The van der Waals surface area contributed by atoms with Crippen molar-refractivity contribution >= 4 is 44.4 Å². The second-order valence-electron chi connectivity index (χ2n) is 12.2. The highest BCUT2D eigenvalue weighted by molar-refractivity contribution is 7.89. The number of rotatable bonds is 11. The van der Waals surface area contributed by atoms with E-state index in [4.69, 9.17) is 0 Å². The van der Waals surface area contributed by atoms with Crippen LogP contribution in [0.25, 0.3) is 10.9 Å². The first-order valence-corrected chi connectivity index (χ1v) is 17.5. The maximum atomic E-state index is 13.1. The van der Waals surface area contributed by atoms with Crippen LogP contribution in [0.5, 0.6) is 5.75 Å².